The summed E-state index contributed by atoms with van der Waals surface area (Å²) >= 11 is 0. The Bertz CT molecular complexity index is 469. The fourth-order valence-electron chi connectivity index (χ4n) is 1.86. The van der Waals surface area contributed by atoms with Gasteiger partial charge in [-0.3, -0.25) is 0 Å². The van der Waals surface area contributed by atoms with Gasteiger partial charge in [0, 0.05) is 0 Å². The Morgan fingerprint density at radius 2 is 1.87 bits per heavy atom. The molecular formula is C13H15N2+. The van der Waals surface area contributed by atoms with E-state index in [9.17, 15) is 0 Å². The second-order valence-electron chi connectivity index (χ2n) is 3.79. The lowest BCUT2D eigenvalue weighted by Crippen LogP contribution is -2.32. The van der Waals surface area contributed by atoms with Gasteiger partial charge in [-0.05, 0) is 25.5 Å². The van der Waals surface area contributed by atoms with Crippen LogP contribution < -0.4 is 4.57 Å². The molecule has 2 rings (SSSR count). The highest BCUT2D eigenvalue weighted by Crippen LogP contribution is 2.21. The highest BCUT2D eigenvalue weighted by atomic mass is 15.0. The van der Waals surface area contributed by atoms with Crippen LogP contribution in [0, 0.1) is 13.8 Å². The lowest BCUT2D eigenvalue weighted by atomic mass is 10.0. The molecule has 0 saturated carbocycles. The van der Waals surface area contributed by atoms with E-state index in [2.05, 4.69) is 47.8 Å². The van der Waals surface area contributed by atoms with Gasteiger partial charge in [-0.2, -0.15) is 4.57 Å². The lowest BCUT2D eigenvalue weighted by Gasteiger charge is -2.05. The minimum absolute atomic E-state index is 1.06. The zero-order valence-corrected chi connectivity index (χ0v) is 9.36. The van der Waals surface area contributed by atoms with Crippen molar-refractivity contribution in [3.05, 3.63) is 47.9 Å². The maximum Gasteiger partial charge on any atom is 0.233 e. The molecule has 0 aliphatic heterocycles. The number of benzene rings is 1. The molecule has 1 heterocycles. The van der Waals surface area contributed by atoms with Crippen molar-refractivity contribution in [2.45, 2.75) is 13.8 Å². The van der Waals surface area contributed by atoms with Crippen LogP contribution in [0.2, 0.25) is 0 Å². The van der Waals surface area contributed by atoms with Gasteiger partial charge in [0.25, 0.3) is 0 Å². The van der Waals surface area contributed by atoms with E-state index < -0.39 is 0 Å². The second-order valence-corrected chi connectivity index (χ2v) is 3.79. The number of aryl methyl sites for hydroxylation is 3. The monoisotopic (exact) mass is 199 g/mol. The standard InChI is InChI=1S/C13H15N2/c1-10-6-4-5-7-12(10)13-11(2)14-8-9-15(13)3/h4-9H,1-3H3/q+1. The average Bonchev–Trinajstić information content (AvgIpc) is 2.20. The Morgan fingerprint density at radius 1 is 1.13 bits per heavy atom. The molecule has 0 radical (unpaired) electrons. The van der Waals surface area contributed by atoms with Gasteiger partial charge in [-0.15, -0.1) is 0 Å². The third-order valence-electron chi connectivity index (χ3n) is 2.65. The van der Waals surface area contributed by atoms with Crippen LogP contribution in [0.4, 0.5) is 0 Å². The lowest BCUT2D eigenvalue weighted by molar-refractivity contribution is -0.661. The SMILES string of the molecule is Cc1ccccc1-c1c(C)ncc[n+]1C. The molecule has 2 heteroatoms. The molecule has 0 fully saturated rings. The smallest absolute Gasteiger partial charge is 0.233 e. The Labute approximate surface area is 90.2 Å². The quantitative estimate of drug-likeness (QED) is 0.643. The number of rotatable bonds is 1. The summed E-state index contributed by atoms with van der Waals surface area (Å²) in [4.78, 5) is 4.34. The summed E-state index contributed by atoms with van der Waals surface area (Å²) in [6, 6.07) is 8.39. The van der Waals surface area contributed by atoms with Crippen LogP contribution in [-0.2, 0) is 7.05 Å². The molecule has 0 saturated heterocycles. The van der Waals surface area contributed by atoms with Crippen molar-refractivity contribution in [1.29, 1.82) is 0 Å². The Balaban J connectivity index is 2.69. The topological polar surface area (TPSA) is 16.8 Å². The van der Waals surface area contributed by atoms with E-state index in [1.165, 1.54) is 16.8 Å². The van der Waals surface area contributed by atoms with Crippen LogP contribution in [0.1, 0.15) is 11.3 Å². The van der Waals surface area contributed by atoms with Gasteiger partial charge in [0.15, 0.2) is 6.20 Å². The first kappa shape index (κ1) is 9.84. The molecule has 15 heavy (non-hydrogen) atoms. The molecule has 2 nitrogen and oxygen atoms in total. The van der Waals surface area contributed by atoms with Crippen molar-refractivity contribution in [3.63, 3.8) is 0 Å². The molecule has 0 N–H and O–H groups in total. The van der Waals surface area contributed by atoms with Crippen LogP contribution in [0.5, 0.6) is 0 Å². The van der Waals surface area contributed by atoms with E-state index in [1.807, 2.05) is 19.3 Å². The average molecular weight is 199 g/mol. The van der Waals surface area contributed by atoms with Gasteiger partial charge >= 0.3 is 0 Å². The van der Waals surface area contributed by atoms with Crippen LogP contribution in [0.3, 0.4) is 0 Å². The van der Waals surface area contributed by atoms with Crippen molar-refractivity contribution >= 4 is 0 Å². The molecule has 0 atom stereocenters. The summed E-state index contributed by atoms with van der Waals surface area (Å²) in [5.74, 6) is 0. The summed E-state index contributed by atoms with van der Waals surface area (Å²) in [5.41, 5.74) is 4.79. The largest absolute Gasteiger partial charge is 0.248 e. The normalized spacial score (nSPS) is 10.3. The summed E-state index contributed by atoms with van der Waals surface area (Å²) in [7, 11) is 2.05. The van der Waals surface area contributed by atoms with Gasteiger partial charge < -0.3 is 0 Å². The molecule has 0 spiro atoms. The third kappa shape index (κ3) is 1.75. The van der Waals surface area contributed by atoms with E-state index in [-0.39, 0.29) is 0 Å². The van der Waals surface area contributed by atoms with E-state index in [0.29, 0.717) is 0 Å². The predicted octanol–water partition coefficient (Wildman–Crippen LogP) is 2.19. The second kappa shape index (κ2) is 3.81. The Morgan fingerprint density at radius 3 is 2.53 bits per heavy atom. The zero-order valence-electron chi connectivity index (χ0n) is 9.36. The van der Waals surface area contributed by atoms with Crippen molar-refractivity contribution < 1.29 is 4.57 Å². The minimum atomic E-state index is 1.06. The first-order chi connectivity index (χ1) is 7.20. The van der Waals surface area contributed by atoms with Crippen molar-refractivity contribution in [3.8, 4) is 11.3 Å². The Kier molecular flexibility index (Phi) is 2.50. The molecule has 1 aromatic heterocycles. The molecule has 0 unspecified atom stereocenters. The molecule has 1 aromatic carbocycles. The molecule has 0 bridgehead atoms. The fraction of sp³-hybridized carbons (Fsp3) is 0.231. The first-order valence-corrected chi connectivity index (χ1v) is 5.07. The van der Waals surface area contributed by atoms with Gasteiger partial charge in [-0.25, -0.2) is 4.98 Å². The predicted molar refractivity (Wildman–Crippen MR) is 60.3 cm³/mol. The first-order valence-electron chi connectivity index (χ1n) is 5.07. The highest BCUT2D eigenvalue weighted by molar-refractivity contribution is 5.62. The summed E-state index contributed by atoms with van der Waals surface area (Å²) in [5, 5.41) is 0. The van der Waals surface area contributed by atoms with Crippen LogP contribution in [0.15, 0.2) is 36.7 Å². The van der Waals surface area contributed by atoms with E-state index in [1.54, 1.807) is 0 Å². The van der Waals surface area contributed by atoms with E-state index in [4.69, 9.17) is 0 Å². The van der Waals surface area contributed by atoms with Gasteiger partial charge in [0.2, 0.25) is 5.69 Å². The number of hydrogen-bond donors (Lipinski definition) is 0. The third-order valence-corrected chi connectivity index (χ3v) is 2.65. The molecule has 2 aromatic rings. The minimum Gasteiger partial charge on any atom is -0.248 e. The van der Waals surface area contributed by atoms with Crippen molar-refractivity contribution in [1.82, 2.24) is 4.98 Å². The molecular weight excluding hydrogens is 184 g/mol. The number of nitrogens with zero attached hydrogens (tertiary/aromatic N) is 2. The number of aromatic nitrogens is 2. The van der Waals surface area contributed by atoms with Gasteiger partial charge in [0.05, 0.1) is 11.8 Å². The maximum atomic E-state index is 4.34. The molecule has 0 amide bonds. The highest BCUT2D eigenvalue weighted by Gasteiger charge is 2.15. The Hall–Kier alpha value is -1.70. The zero-order chi connectivity index (χ0) is 10.8. The summed E-state index contributed by atoms with van der Waals surface area (Å²) in [6.07, 6.45) is 3.81. The summed E-state index contributed by atoms with van der Waals surface area (Å²) in [6.45, 7) is 4.17. The van der Waals surface area contributed by atoms with E-state index in [0.717, 1.165) is 5.69 Å². The molecule has 0 aliphatic rings. The fourth-order valence-corrected chi connectivity index (χ4v) is 1.86. The van der Waals surface area contributed by atoms with Crippen LogP contribution >= 0.6 is 0 Å². The van der Waals surface area contributed by atoms with E-state index >= 15 is 0 Å². The summed E-state index contributed by atoms with van der Waals surface area (Å²) < 4.78 is 2.12. The number of hydrogen-bond acceptors (Lipinski definition) is 1. The van der Waals surface area contributed by atoms with Crippen LogP contribution in [0.25, 0.3) is 11.3 Å². The van der Waals surface area contributed by atoms with Gasteiger partial charge in [-0.1, -0.05) is 18.2 Å². The maximum absolute atomic E-state index is 4.34. The van der Waals surface area contributed by atoms with Crippen LogP contribution in [-0.4, -0.2) is 4.98 Å². The van der Waals surface area contributed by atoms with Crippen molar-refractivity contribution in [2.75, 3.05) is 0 Å². The molecule has 0 aliphatic carbocycles. The van der Waals surface area contributed by atoms with Crippen molar-refractivity contribution in [2.24, 2.45) is 7.05 Å². The molecule has 76 valence electrons. The van der Waals surface area contributed by atoms with Gasteiger partial charge in [0.1, 0.15) is 12.7 Å².